The molecule has 0 unspecified atom stereocenters. The van der Waals surface area contributed by atoms with Crippen molar-refractivity contribution in [3.63, 3.8) is 0 Å². The first-order valence-electron chi connectivity index (χ1n) is 9.73. The Morgan fingerprint density at radius 3 is 2.46 bits per heavy atom. The smallest absolute Gasteiger partial charge is 0.151 e. The van der Waals surface area contributed by atoms with Crippen molar-refractivity contribution in [1.82, 2.24) is 19.7 Å². The first-order valence-corrected chi connectivity index (χ1v) is 9.73. The predicted octanol–water partition coefficient (Wildman–Crippen LogP) is 3.21. The Kier molecular flexibility index (Phi) is 5.30. The van der Waals surface area contributed by atoms with Crippen LogP contribution in [0.5, 0.6) is 5.75 Å². The van der Waals surface area contributed by atoms with E-state index >= 15 is 0 Å². The number of rotatable bonds is 5. The average Bonchev–Trinajstić information content (AvgIpc) is 3.18. The largest absolute Gasteiger partial charge is 0.495 e. The molecule has 0 atom stereocenters. The van der Waals surface area contributed by atoms with Crippen molar-refractivity contribution in [2.24, 2.45) is 0 Å². The van der Waals surface area contributed by atoms with Crippen LogP contribution in [-0.4, -0.2) is 53.0 Å². The lowest BCUT2D eigenvalue weighted by Gasteiger charge is -2.36. The third kappa shape index (κ3) is 3.60. The van der Waals surface area contributed by atoms with Crippen LogP contribution < -0.4 is 9.64 Å². The molecule has 28 heavy (non-hydrogen) atoms. The Hall–Kier alpha value is -2.86. The molecule has 4 rings (SSSR count). The predicted molar refractivity (Wildman–Crippen MR) is 111 cm³/mol. The van der Waals surface area contributed by atoms with Crippen LogP contribution in [0.25, 0.3) is 5.69 Å². The Morgan fingerprint density at radius 1 is 0.929 bits per heavy atom. The molecule has 0 aliphatic carbocycles. The van der Waals surface area contributed by atoms with Crippen molar-refractivity contribution >= 4 is 5.69 Å². The van der Waals surface area contributed by atoms with E-state index in [0.29, 0.717) is 0 Å². The molecule has 1 saturated heterocycles. The zero-order valence-corrected chi connectivity index (χ0v) is 16.8. The lowest BCUT2D eigenvalue weighted by molar-refractivity contribution is 0.242. The summed E-state index contributed by atoms with van der Waals surface area (Å²) in [7, 11) is 1.69. The minimum absolute atomic E-state index is 0.776. The number of nitrogens with zero attached hydrogens (tertiary/aromatic N) is 5. The molecule has 0 bridgehead atoms. The van der Waals surface area contributed by atoms with Crippen LogP contribution in [0.1, 0.15) is 17.0 Å². The second-order valence-electron chi connectivity index (χ2n) is 7.27. The SMILES string of the molecule is COc1ccccc1-n1cnnc1CN1CCN(c2cccc(C)c2C)CC1. The zero-order chi connectivity index (χ0) is 19.5. The minimum atomic E-state index is 0.776. The molecule has 0 N–H and O–H groups in total. The van der Waals surface area contributed by atoms with Gasteiger partial charge in [0.05, 0.1) is 19.3 Å². The van der Waals surface area contributed by atoms with Gasteiger partial charge in [0.15, 0.2) is 5.82 Å². The van der Waals surface area contributed by atoms with Crippen molar-refractivity contribution < 1.29 is 4.74 Å². The summed E-state index contributed by atoms with van der Waals surface area (Å²) < 4.78 is 7.53. The van der Waals surface area contributed by atoms with Gasteiger partial charge in [0.2, 0.25) is 0 Å². The van der Waals surface area contributed by atoms with E-state index in [4.69, 9.17) is 4.74 Å². The van der Waals surface area contributed by atoms with Crippen molar-refractivity contribution in [1.29, 1.82) is 0 Å². The molecular weight excluding hydrogens is 350 g/mol. The van der Waals surface area contributed by atoms with Crippen LogP contribution in [0.15, 0.2) is 48.8 Å². The lowest BCUT2D eigenvalue weighted by atomic mass is 10.1. The molecule has 6 nitrogen and oxygen atoms in total. The normalized spacial score (nSPS) is 15.0. The van der Waals surface area contributed by atoms with Gasteiger partial charge < -0.3 is 9.64 Å². The molecule has 2 aromatic carbocycles. The molecule has 1 fully saturated rings. The summed E-state index contributed by atoms with van der Waals surface area (Å²) >= 11 is 0. The van der Waals surface area contributed by atoms with Gasteiger partial charge in [-0.1, -0.05) is 24.3 Å². The fraction of sp³-hybridized carbons (Fsp3) is 0.364. The molecule has 1 aromatic heterocycles. The molecule has 0 spiro atoms. The third-order valence-corrected chi connectivity index (χ3v) is 5.62. The Morgan fingerprint density at radius 2 is 1.68 bits per heavy atom. The molecule has 0 radical (unpaired) electrons. The third-order valence-electron chi connectivity index (χ3n) is 5.62. The number of ether oxygens (including phenoxy) is 1. The Labute approximate surface area is 166 Å². The summed E-state index contributed by atoms with van der Waals surface area (Å²) in [6.45, 7) is 9.23. The van der Waals surface area contributed by atoms with Crippen molar-refractivity contribution in [2.45, 2.75) is 20.4 Å². The van der Waals surface area contributed by atoms with E-state index in [1.807, 2.05) is 28.8 Å². The van der Waals surface area contributed by atoms with Gasteiger partial charge in [0.1, 0.15) is 12.1 Å². The second-order valence-corrected chi connectivity index (χ2v) is 7.27. The molecule has 2 heterocycles. The van der Waals surface area contributed by atoms with Gasteiger partial charge in [-0.2, -0.15) is 0 Å². The van der Waals surface area contributed by atoms with Crippen LogP contribution in [0.3, 0.4) is 0 Å². The van der Waals surface area contributed by atoms with E-state index in [0.717, 1.165) is 50.0 Å². The number of piperazine rings is 1. The quantitative estimate of drug-likeness (QED) is 0.683. The molecule has 1 aliphatic rings. The molecule has 3 aromatic rings. The van der Waals surface area contributed by atoms with E-state index in [-0.39, 0.29) is 0 Å². The monoisotopic (exact) mass is 377 g/mol. The fourth-order valence-electron chi connectivity index (χ4n) is 3.82. The highest BCUT2D eigenvalue weighted by Crippen LogP contribution is 2.25. The summed E-state index contributed by atoms with van der Waals surface area (Å²) in [5.74, 6) is 1.76. The summed E-state index contributed by atoms with van der Waals surface area (Å²) in [6.07, 6.45) is 1.76. The molecular formula is C22H27N5O. The number of methoxy groups -OCH3 is 1. The highest BCUT2D eigenvalue weighted by Gasteiger charge is 2.21. The van der Waals surface area contributed by atoms with Gasteiger partial charge in [-0.05, 0) is 43.2 Å². The van der Waals surface area contributed by atoms with Crippen LogP contribution in [0.4, 0.5) is 5.69 Å². The van der Waals surface area contributed by atoms with Gasteiger partial charge in [-0.3, -0.25) is 9.47 Å². The maximum absolute atomic E-state index is 5.50. The summed E-state index contributed by atoms with van der Waals surface area (Å²) in [5, 5.41) is 8.51. The van der Waals surface area contributed by atoms with Gasteiger partial charge in [-0.15, -0.1) is 10.2 Å². The van der Waals surface area contributed by atoms with Gasteiger partial charge in [-0.25, -0.2) is 0 Å². The highest BCUT2D eigenvalue weighted by molar-refractivity contribution is 5.56. The lowest BCUT2D eigenvalue weighted by Crippen LogP contribution is -2.46. The first kappa shape index (κ1) is 18.5. The number of para-hydroxylation sites is 2. The van der Waals surface area contributed by atoms with Crippen LogP contribution in [0, 0.1) is 13.8 Å². The second kappa shape index (κ2) is 8.02. The maximum atomic E-state index is 5.50. The molecule has 1 aliphatic heterocycles. The van der Waals surface area contributed by atoms with Gasteiger partial charge in [0, 0.05) is 31.9 Å². The van der Waals surface area contributed by atoms with Crippen LogP contribution in [0.2, 0.25) is 0 Å². The molecule has 0 saturated carbocycles. The number of aromatic nitrogens is 3. The topological polar surface area (TPSA) is 46.4 Å². The van der Waals surface area contributed by atoms with Crippen molar-refractivity contribution in [3.8, 4) is 11.4 Å². The van der Waals surface area contributed by atoms with Crippen LogP contribution in [-0.2, 0) is 6.54 Å². The van der Waals surface area contributed by atoms with E-state index in [9.17, 15) is 0 Å². The van der Waals surface area contributed by atoms with Crippen molar-refractivity contribution in [3.05, 3.63) is 65.7 Å². The number of aryl methyl sites for hydroxylation is 1. The van der Waals surface area contributed by atoms with E-state index in [1.54, 1.807) is 13.4 Å². The first-order chi connectivity index (χ1) is 13.7. The fourth-order valence-corrected chi connectivity index (χ4v) is 3.82. The average molecular weight is 377 g/mol. The molecule has 6 heteroatoms. The van der Waals surface area contributed by atoms with E-state index in [1.165, 1.54) is 16.8 Å². The minimum Gasteiger partial charge on any atom is -0.495 e. The van der Waals surface area contributed by atoms with E-state index in [2.05, 4.69) is 52.0 Å². The molecule has 0 amide bonds. The number of anilines is 1. The number of benzene rings is 2. The van der Waals surface area contributed by atoms with Gasteiger partial charge >= 0.3 is 0 Å². The summed E-state index contributed by atoms with van der Waals surface area (Å²) in [5.41, 5.74) is 5.06. The highest BCUT2D eigenvalue weighted by atomic mass is 16.5. The Balaban J connectivity index is 1.45. The summed E-state index contributed by atoms with van der Waals surface area (Å²) in [4.78, 5) is 4.93. The Bertz CT molecular complexity index is 944. The van der Waals surface area contributed by atoms with Crippen LogP contribution >= 0.6 is 0 Å². The number of hydrogen-bond donors (Lipinski definition) is 0. The number of hydrogen-bond acceptors (Lipinski definition) is 5. The van der Waals surface area contributed by atoms with Gasteiger partial charge in [0.25, 0.3) is 0 Å². The van der Waals surface area contributed by atoms with E-state index < -0.39 is 0 Å². The summed E-state index contributed by atoms with van der Waals surface area (Å²) in [6, 6.07) is 14.5. The van der Waals surface area contributed by atoms with Crippen molar-refractivity contribution in [2.75, 3.05) is 38.2 Å². The zero-order valence-electron chi connectivity index (χ0n) is 16.8. The molecule has 146 valence electrons. The standard InChI is InChI=1S/C22H27N5O/c1-17-7-6-9-19(18(17)2)26-13-11-25(12-14-26)15-22-24-23-16-27(22)20-8-4-5-10-21(20)28-3/h4-10,16H,11-15H2,1-3H3. The maximum Gasteiger partial charge on any atom is 0.151 e.